The maximum atomic E-state index is 14.9. The molecule has 9 heteroatoms. The number of benzene rings is 2. The highest BCUT2D eigenvalue weighted by Gasteiger charge is 2.44. The Balaban J connectivity index is 1.54. The van der Waals surface area contributed by atoms with Crippen LogP contribution >= 0.6 is 0 Å². The van der Waals surface area contributed by atoms with Gasteiger partial charge in [-0.3, -0.25) is 4.98 Å². The zero-order chi connectivity index (χ0) is 20.9. The molecule has 3 heterocycles. The Morgan fingerprint density at radius 1 is 1.10 bits per heavy atom. The summed E-state index contributed by atoms with van der Waals surface area (Å²) in [6.07, 6.45) is 3.60. The summed E-state index contributed by atoms with van der Waals surface area (Å²) >= 11 is 0. The van der Waals surface area contributed by atoms with Crippen LogP contribution in [0.25, 0.3) is 22.4 Å². The summed E-state index contributed by atoms with van der Waals surface area (Å²) in [6.45, 7) is 1.13. The lowest BCUT2D eigenvalue weighted by molar-refractivity contribution is 0.349. The highest BCUT2D eigenvalue weighted by molar-refractivity contribution is 7.89. The third-order valence-corrected chi connectivity index (χ3v) is 7.68. The van der Waals surface area contributed by atoms with E-state index in [9.17, 15) is 12.8 Å². The van der Waals surface area contributed by atoms with Crippen LogP contribution in [0.15, 0.2) is 59.8 Å². The number of fused-ring (bicyclic) bond motifs is 2. The summed E-state index contributed by atoms with van der Waals surface area (Å²) in [5.74, 6) is -0.260. The average molecular weight is 425 g/mol. The SMILES string of the molecule is Nc1cnc(-c2ccc(-c3ccccc3S(=O)(=O)N3C[C@@H]4CC3CN4)cc2F)cn1. The van der Waals surface area contributed by atoms with Crippen LogP contribution in [0.5, 0.6) is 0 Å². The second kappa shape index (κ2) is 7.12. The summed E-state index contributed by atoms with van der Waals surface area (Å²) in [6, 6.07) is 11.5. The van der Waals surface area contributed by atoms with Crippen molar-refractivity contribution in [2.24, 2.45) is 0 Å². The number of anilines is 1. The van der Waals surface area contributed by atoms with Gasteiger partial charge in [0.25, 0.3) is 0 Å². The van der Waals surface area contributed by atoms with Gasteiger partial charge >= 0.3 is 0 Å². The van der Waals surface area contributed by atoms with Gasteiger partial charge < -0.3 is 11.1 Å². The number of rotatable bonds is 4. The Labute approximate surface area is 173 Å². The van der Waals surface area contributed by atoms with E-state index in [-0.39, 0.29) is 28.4 Å². The lowest BCUT2D eigenvalue weighted by atomic mass is 10.0. The van der Waals surface area contributed by atoms with Gasteiger partial charge in [-0.2, -0.15) is 4.31 Å². The fourth-order valence-electron chi connectivity index (χ4n) is 4.24. The van der Waals surface area contributed by atoms with E-state index in [1.54, 1.807) is 40.7 Å². The number of halogens is 1. The first-order valence-electron chi connectivity index (χ1n) is 9.65. The molecule has 0 spiro atoms. The van der Waals surface area contributed by atoms with E-state index in [0.717, 1.165) is 6.42 Å². The van der Waals surface area contributed by atoms with Gasteiger partial charge in [-0.1, -0.05) is 24.3 Å². The van der Waals surface area contributed by atoms with E-state index in [1.807, 2.05) is 0 Å². The van der Waals surface area contributed by atoms with Gasteiger partial charge in [-0.25, -0.2) is 17.8 Å². The molecule has 2 bridgehead atoms. The first kappa shape index (κ1) is 19.1. The molecular weight excluding hydrogens is 405 g/mol. The zero-order valence-corrected chi connectivity index (χ0v) is 16.8. The van der Waals surface area contributed by atoms with Crippen molar-refractivity contribution in [3.8, 4) is 22.4 Å². The molecule has 0 amide bonds. The quantitative estimate of drug-likeness (QED) is 0.665. The Morgan fingerprint density at radius 2 is 1.93 bits per heavy atom. The maximum absolute atomic E-state index is 14.9. The molecule has 1 aromatic heterocycles. The third kappa shape index (κ3) is 3.15. The maximum Gasteiger partial charge on any atom is 0.244 e. The smallest absolute Gasteiger partial charge is 0.244 e. The Morgan fingerprint density at radius 3 is 2.60 bits per heavy atom. The lowest BCUT2D eigenvalue weighted by Crippen LogP contribution is -2.46. The average Bonchev–Trinajstić information content (AvgIpc) is 3.39. The van der Waals surface area contributed by atoms with E-state index in [0.29, 0.717) is 29.9 Å². The summed E-state index contributed by atoms with van der Waals surface area (Å²) < 4.78 is 43.3. The van der Waals surface area contributed by atoms with Crippen LogP contribution in [-0.2, 0) is 10.0 Å². The van der Waals surface area contributed by atoms with E-state index >= 15 is 0 Å². The van der Waals surface area contributed by atoms with Gasteiger partial charge in [-0.05, 0) is 30.2 Å². The number of nitrogens with two attached hydrogens (primary N) is 1. The third-order valence-electron chi connectivity index (χ3n) is 5.71. The van der Waals surface area contributed by atoms with Crippen molar-refractivity contribution < 1.29 is 12.8 Å². The van der Waals surface area contributed by atoms with E-state index < -0.39 is 15.8 Å². The van der Waals surface area contributed by atoms with Crippen molar-refractivity contribution in [2.75, 3.05) is 18.8 Å². The molecule has 0 aliphatic carbocycles. The molecule has 5 rings (SSSR count). The molecule has 2 fully saturated rings. The molecule has 2 aliphatic heterocycles. The molecule has 1 unspecified atom stereocenters. The lowest BCUT2D eigenvalue weighted by Gasteiger charge is -2.27. The molecule has 3 N–H and O–H groups in total. The number of piperazine rings is 1. The Bertz CT molecular complexity index is 1220. The Kier molecular flexibility index (Phi) is 4.53. The van der Waals surface area contributed by atoms with Crippen LogP contribution in [0.3, 0.4) is 0 Å². The van der Waals surface area contributed by atoms with Crippen LogP contribution < -0.4 is 11.1 Å². The Hall–Kier alpha value is -2.88. The predicted octanol–water partition coefficient (Wildman–Crippen LogP) is 2.27. The topological polar surface area (TPSA) is 101 Å². The van der Waals surface area contributed by atoms with Crippen LogP contribution in [0.1, 0.15) is 6.42 Å². The number of hydrogen-bond acceptors (Lipinski definition) is 6. The molecule has 30 heavy (non-hydrogen) atoms. The summed E-state index contributed by atoms with van der Waals surface area (Å²) in [4.78, 5) is 8.24. The number of nitrogens with zero attached hydrogens (tertiary/aromatic N) is 3. The molecule has 0 saturated carbocycles. The van der Waals surface area contributed by atoms with Gasteiger partial charge in [0, 0.05) is 36.3 Å². The monoisotopic (exact) mass is 425 g/mol. The van der Waals surface area contributed by atoms with E-state index in [4.69, 9.17) is 5.73 Å². The number of hydrogen-bond donors (Lipinski definition) is 2. The van der Waals surface area contributed by atoms with Gasteiger partial charge in [-0.15, -0.1) is 0 Å². The molecule has 2 saturated heterocycles. The van der Waals surface area contributed by atoms with Crippen LogP contribution in [-0.4, -0.2) is 47.9 Å². The number of nitrogen functional groups attached to an aromatic ring is 1. The fraction of sp³-hybridized carbons (Fsp3) is 0.238. The fourth-order valence-corrected chi connectivity index (χ4v) is 6.14. The van der Waals surface area contributed by atoms with Crippen molar-refractivity contribution >= 4 is 15.8 Å². The van der Waals surface area contributed by atoms with E-state index in [1.165, 1.54) is 18.5 Å². The minimum atomic E-state index is -3.69. The van der Waals surface area contributed by atoms with Crippen molar-refractivity contribution in [2.45, 2.75) is 23.4 Å². The van der Waals surface area contributed by atoms with Crippen molar-refractivity contribution in [3.05, 3.63) is 60.7 Å². The standard InChI is InChI=1S/C21H20FN5O2S/c22-18-7-13(5-6-17(18)19-10-26-21(23)11-25-19)16-3-1-2-4-20(16)30(28,29)27-12-14-8-15(27)9-24-14/h1-7,10-11,14-15,24H,8-9,12H2,(H2,23,26)/t14-,15?/m0/s1. The van der Waals surface area contributed by atoms with E-state index in [2.05, 4.69) is 15.3 Å². The largest absolute Gasteiger partial charge is 0.382 e. The second-order valence-electron chi connectivity index (χ2n) is 7.59. The molecule has 2 aromatic carbocycles. The zero-order valence-electron chi connectivity index (χ0n) is 16.0. The molecule has 2 aliphatic rings. The van der Waals surface area contributed by atoms with Gasteiger partial charge in [0.1, 0.15) is 11.6 Å². The molecule has 2 atom stereocenters. The number of sulfonamides is 1. The van der Waals surface area contributed by atoms with Crippen LogP contribution in [0.4, 0.5) is 10.2 Å². The minimum absolute atomic E-state index is 0.0312. The molecule has 7 nitrogen and oxygen atoms in total. The highest BCUT2D eigenvalue weighted by Crippen LogP contribution is 2.35. The predicted molar refractivity (Wildman–Crippen MR) is 111 cm³/mol. The molecule has 154 valence electrons. The summed E-state index contributed by atoms with van der Waals surface area (Å²) in [7, 11) is -3.69. The second-order valence-corrected chi connectivity index (χ2v) is 9.45. The van der Waals surface area contributed by atoms with Crippen LogP contribution in [0, 0.1) is 5.82 Å². The molecular formula is C21H20FN5O2S. The summed E-state index contributed by atoms with van der Waals surface area (Å²) in [5.41, 5.74) is 7.13. The first-order valence-corrected chi connectivity index (χ1v) is 11.1. The van der Waals surface area contributed by atoms with Crippen molar-refractivity contribution in [1.29, 1.82) is 0 Å². The molecule has 3 aromatic rings. The van der Waals surface area contributed by atoms with Crippen molar-refractivity contribution in [1.82, 2.24) is 19.6 Å². The van der Waals surface area contributed by atoms with Gasteiger partial charge in [0.2, 0.25) is 10.0 Å². The minimum Gasteiger partial charge on any atom is -0.382 e. The number of nitrogens with one attached hydrogen (secondary N) is 1. The highest BCUT2D eigenvalue weighted by atomic mass is 32.2. The van der Waals surface area contributed by atoms with Gasteiger partial charge in [0.05, 0.1) is 23.0 Å². The van der Waals surface area contributed by atoms with Crippen molar-refractivity contribution in [3.63, 3.8) is 0 Å². The number of aromatic nitrogens is 2. The molecule has 0 radical (unpaired) electrons. The normalized spacial score (nSPS) is 21.2. The van der Waals surface area contributed by atoms with Gasteiger partial charge in [0.15, 0.2) is 0 Å². The van der Waals surface area contributed by atoms with Crippen LogP contribution in [0.2, 0.25) is 0 Å². The first-order chi connectivity index (χ1) is 14.4. The summed E-state index contributed by atoms with van der Waals surface area (Å²) in [5, 5.41) is 3.31.